The van der Waals surface area contributed by atoms with Gasteiger partial charge in [0.25, 0.3) is 17.6 Å². The van der Waals surface area contributed by atoms with E-state index in [1.54, 1.807) is 13.1 Å². The van der Waals surface area contributed by atoms with Gasteiger partial charge in [-0.15, -0.1) is 0 Å². The first-order valence-corrected chi connectivity index (χ1v) is 11.5. The molecule has 2 atom stereocenters. The van der Waals surface area contributed by atoms with E-state index in [0.29, 0.717) is 34.8 Å². The summed E-state index contributed by atoms with van der Waals surface area (Å²) in [6.07, 6.45) is 4.75. The molecule has 0 saturated heterocycles. The van der Waals surface area contributed by atoms with Crippen molar-refractivity contribution in [1.29, 1.82) is 0 Å². The molecule has 176 valence electrons. The van der Waals surface area contributed by atoms with Gasteiger partial charge in [0, 0.05) is 23.6 Å². The minimum atomic E-state index is -0.693. The molecule has 2 aromatic rings. The molecule has 2 amide bonds. The van der Waals surface area contributed by atoms with E-state index in [0.717, 1.165) is 30.7 Å². The molecule has 6 rings (SSSR count). The number of amides is 2. The Balaban J connectivity index is 1.30. The van der Waals surface area contributed by atoms with Gasteiger partial charge >= 0.3 is 0 Å². The minimum Gasteiger partial charge on any atom is -0.338 e. The van der Waals surface area contributed by atoms with E-state index in [4.69, 9.17) is 11.6 Å². The highest BCUT2D eigenvalue weighted by Gasteiger charge is 2.52. The van der Waals surface area contributed by atoms with Gasteiger partial charge < -0.3 is 26.1 Å². The number of benzene rings is 1. The molecule has 34 heavy (non-hydrogen) atoms. The van der Waals surface area contributed by atoms with Crippen LogP contribution in [0.25, 0.3) is 0 Å². The van der Waals surface area contributed by atoms with Crippen LogP contribution in [0.4, 0.5) is 10.1 Å². The Morgan fingerprint density at radius 1 is 1.26 bits per heavy atom. The molecule has 1 aromatic carbocycles. The summed E-state index contributed by atoms with van der Waals surface area (Å²) in [6.45, 7) is 1.69. The van der Waals surface area contributed by atoms with Crippen LogP contribution in [0.5, 0.6) is 0 Å². The normalized spacial score (nSPS) is 22.6. The van der Waals surface area contributed by atoms with E-state index in [-0.39, 0.29) is 11.1 Å². The van der Waals surface area contributed by atoms with Gasteiger partial charge in [-0.05, 0) is 62.3 Å². The number of rotatable bonds is 6. The first-order valence-electron chi connectivity index (χ1n) is 11.1. The van der Waals surface area contributed by atoms with Crippen molar-refractivity contribution in [1.82, 2.24) is 26.3 Å². The van der Waals surface area contributed by atoms with Gasteiger partial charge in [0.1, 0.15) is 11.5 Å². The zero-order valence-electron chi connectivity index (χ0n) is 18.2. The van der Waals surface area contributed by atoms with Crippen molar-refractivity contribution in [3.8, 4) is 0 Å². The average molecular weight is 485 g/mol. The Kier molecular flexibility index (Phi) is 4.56. The fourth-order valence-corrected chi connectivity index (χ4v) is 5.36. The topological polar surface area (TPSA) is 116 Å². The van der Waals surface area contributed by atoms with Gasteiger partial charge in [-0.2, -0.15) is 5.53 Å². The highest BCUT2D eigenvalue weighted by molar-refractivity contribution is 6.44. The first kappa shape index (κ1) is 21.2. The molecule has 0 bridgehead atoms. The minimum absolute atomic E-state index is 0.101. The third kappa shape index (κ3) is 3.20. The molecule has 2 aliphatic heterocycles. The van der Waals surface area contributed by atoms with Crippen LogP contribution in [-0.2, 0) is 11.2 Å². The molecule has 5 N–H and O–H groups in total. The Morgan fingerprint density at radius 3 is 2.74 bits per heavy atom. The highest BCUT2D eigenvalue weighted by atomic mass is 35.5. The zero-order chi connectivity index (χ0) is 23.8. The lowest BCUT2D eigenvalue weighted by Crippen LogP contribution is -2.46. The number of hydrazine groups is 2. The van der Waals surface area contributed by atoms with Gasteiger partial charge in [-0.3, -0.25) is 14.4 Å². The maximum atomic E-state index is 13.5. The van der Waals surface area contributed by atoms with Crippen molar-refractivity contribution >= 4 is 34.9 Å². The van der Waals surface area contributed by atoms with E-state index < -0.39 is 29.0 Å². The first-order chi connectivity index (χ1) is 16.3. The molecule has 2 fully saturated rings. The molecule has 4 aliphatic rings. The number of ketones is 1. The second kappa shape index (κ2) is 7.31. The van der Waals surface area contributed by atoms with Gasteiger partial charge in [0.2, 0.25) is 0 Å². The Hall–Kier alpha value is -3.37. The van der Waals surface area contributed by atoms with Crippen LogP contribution in [-0.4, -0.2) is 27.7 Å². The van der Waals surface area contributed by atoms with E-state index in [2.05, 4.69) is 27.0 Å². The van der Waals surface area contributed by atoms with Gasteiger partial charge in [-0.25, -0.2) is 4.39 Å². The maximum Gasteiger partial charge on any atom is 0.293 e. The van der Waals surface area contributed by atoms with Crippen LogP contribution in [0.1, 0.15) is 57.4 Å². The Bertz CT molecular complexity index is 1310. The fraction of sp³-hybridized carbons (Fsp3) is 0.348. The number of anilines is 1. The predicted molar refractivity (Wildman–Crippen MR) is 121 cm³/mol. The second-order valence-corrected chi connectivity index (χ2v) is 9.74. The van der Waals surface area contributed by atoms with Crippen LogP contribution >= 0.6 is 11.6 Å². The van der Waals surface area contributed by atoms with Crippen LogP contribution in [0.2, 0.25) is 5.02 Å². The summed E-state index contributed by atoms with van der Waals surface area (Å²) < 4.78 is 15.4. The van der Waals surface area contributed by atoms with Crippen molar-refractivity contribution in [3.05, 3.63) is 63.5 Å². The summed E-state index contributed by atoms with van der Waals surface area (Å²) in [5, 5.41) is 5.53. The van der Waals surface area contributed by atoms with Gasteiger partial charge in [-0.1, -0.05) is 11.6 Å². The lowest BCUT2D eigenvalue weighted by Gasteiger charge is -2.18. The van der Waals surface area contributed by atoms with Crippen molar-refractivity contribution in [3.63, 3.8) is 0 Å². The Morgan fingerprint density at radius 2 is 2.06 bits per heavy atom. The molecule has 1 aromatic heterocycles. The van der Waals surface area contributed by atoms with Crippen LogP contribution in [0.3, 0.4) is 0 Å². The molecule has 11 heteroatoms. The molecule has 9 nitrogen and oxygen atoms in total. The van der Waals surface area contributed by atoms with Crippen molar-refractivity contribution < 1.29 is 18.8 Å². The van der Waals surface area contributed by atoms with E-state index in [9.17, 15) is 18.8 Å². The van der Waals surface area contributed by atoms with Gasteiger partial charge in [0.05, 0.1) is 21.8 Å². The summed E-state index contributed by atoms with van der Waals surface area (Å²) in [4.78, 5) is 39.6. The van der Waals surface area contributed by atoms with Crippen LogP contribution in [0, 0.1) is 18.7 Å². The SMILES string of the molecule is Cc1c(C(=O)C(=O)NC2(C3=CNNN3)CC2)c2n(c1C(=O)Nc1ccc(F)c(Cl)c1)[C@@H]1C[C@@H]1C2. The number of hydrogen-bond donors (Lipinski definition) is 5. The molecular weight excluding hydrogens is 463 g/mol. The summed E-state index contributed by atoms with van der Waals surface area (Å²) in [7, 11) is 0. The summed E-state index contributed by atoms with van der Waals surface area (Å²) >= 11 is 5.85. The van der Waals surface area contributed by atoms with Crippen molar-refractivity contribution in [2.75, 3.05) is 5.32 Å². The molecule has 0 spiro atoms. The lowest BCUT2D eigenvalue weighted by atomic mass is 10.0. The maximum absolute atomic E-state index is 13.5. The second-order valence-electron chi connectivity index (χ2n) is 9.33. The molecule has 2 saturated carbocycles. The van der Waals surface area contributed by atoms with Crippen LogP contribution in [0.15, 0.2) is 30.1 Å². The van der Waals surface area contributed by atoms with E-state index in [1.165, 1.54) is 18.2 Å². The monoisotopic (exact) mass is 484 g/mol. The number of nitrogens with zero attached hydrogens (tertiary/aromatic N) is 1. The van der Waals surface area contributed by atoms with E-state index in [1.807, 2.05) is 4.57 Å². The summed E-state index contributed by atoms with van der Waals surface area (Å²) in [5.74, 6) is -1.97. The van der Waals surface area contributed by atoms with Gasteiger partial charge in [0.15, 0.2) is 0 Å². The van der Waals surface area contributed by atoms with Crippen molar-refractivity contribution in [2.45, 2.75) is 44.2 Å². The number of fused-ring (bicyclic) bond motifs is 3. The summed E-state index contributed by atoms with van der Waals surface area (Å²) in [5.41, 5.74) is 10.9. The number of Topliss-reactive ketones (excluding diaryl/α,β-unsaturated/α-hetero) is 1. The number of halogens is 2. The number of aromatic nitrogens is 1. The third-order valence-electron chi connectivity index (χ3n) is 7.15. The zero-order valence-corrected chi connectivity index (χ0v) is 19.0. The standard InChI is InChI=1S/C23H22ClFN6O3/c1-10-18(20(32)22(34)28-23(4-5-23)17-9-26-30-29-17)16-7-11-6-15(11)31(16)19(10)21(33)27-12-2-3-14(25)13(24)8-12/h2-3,8-9,11,15,26,29-30H,4-7H2,1H3,(H,27,33)(H,28,34)/t11-,15-/m1/s1. The van der Waals surface area contributed by atoms with Crippen LogP contribution < -0.4 is 27.0 Å². The molecule has 3 heterocycles. The number of nitrogens with one attached hydrogen (secondary N) is 5. The Labute approximate surface area is 199 Å². The molecule has 0 unspecified atom stereocenters. The average Bonchev–Trinajstić information content (AvgIpc) is 3.59. The predicted octanol–water partition coefficient (Wildman–Crippen LogP) is 2.24. The van der Waals surface area contributed by atoms with E-state index >= 15 is 0 Å². The summed E-state index contributed by atoms with van der Waals surface area (Å²) in [6, 6.07) is 4.08. The smallest absolute Gasteiger partial charge is 0.293 e. The lowest BCUT2D eigenvalue weighted by molar-refractivity contribution is -0.117. The third-order valence-corrected chi connectivity index (χ3v) is 7.44. The number of carbonyl (C=O) groups excluding carboxylic acids is 3. The largest absolute Gasteiger partial charge is 0.338 e. The number of hydrogen-bond acceptors (Lipinski definition) is 6. The number of carbonyl (C=O) groups is 3. The highest BCUT2D eigenvalue weighted by Crippen LogP contribution is 2.54. The molecule has 2 aliphatic carbocycles. The molecule has 0 radical (unpaired) electrons. The quantitative estimate of drug-likeness (QED) is 0.317. The van der Waals surface area contributed by atoms with Crippen molar-refractivity contribution in [2.24, 2.45) is 5.92 Å². The molecular formula is C23H22ClFN6O3. The fourth-order valence-electron chi connectivity index (χ4n) is 5.18.